The molecule has 0 aromatic heterocycles. The molecule has 8 heteroatoms. The summed E-state index contributed by atoms with van der Waals surface area (Å²) in [7, 11) is 0. The zero-order valence-corrected chi connectivity index (χ0v) is 15.2. The largest absolute Gasteiger partial charge is 0.452 e. The van der Waals surface area contributed by atoms with Crippen LogP contribution in [0.2, 0.25) is 5.02 Å². The predicted octanol–water partition coefficient (Wildman–Crippen LogP) is 3.88. The van der Waals surface area contributed by atoms with Crippen molar-refractivity contribution in [3.8, 4) is 0 Å². The third-order valence-electron chi connectivity index (χ3n) is 3.62. The first-order chi connectivity index (χ1) is 11.8. The molecule has 7 nitrogen and oxygen atoms in total. The predicted molar refractivity (Wildman–Crippen MR) is 94.8 cm³/mol. The lowest BCUT2D eigenvalue weighted by atomic mass is 10.1. The molecule has 1 atom stereocenters. The number of halogens is 1. The number of unbranched alkanes of at least 4 members (excludes halogenated alkanes) is 3. The number of non-ortho nitro benzene ring substituents is 1. The maximum Gasteiger partial charge on any atom is 0.340 e. The molecule has 1 rings (SSSR count). The lowest BCUT2D eigenvalue weighted by molar-refractivity contribution is -0.384. The summed E-state index contributed by atoms with van der Waals surface area (Å²) in [5, 5.41) is 13.3. The Morgan fingerprint density at radius 2 is 2.04 bits per heavy atom. The Bertz CT molecular complexity index is 621. The first kappa shape index (κ1) is 20.9. The van der Waals surface area contributed by atoms with Crippen LogP contribution in [0.3, 0.4) is 0 Å². The number of nitrogens with zero attached hydrogens (tertiary/aromatic N) is 1. The minimum Gasteiger partial charge on any atom is -0.452 e. The highest BCUT2D eigenvalue weighted by atomic mass is 35.5. The number of rotatable bonds is 10. The lowest BCUT2D eigenvalue weighted by Gasteiger charge is -2.14. The van der Waals surface area contributed by atoms with E-state index in [2.05, 4.69) is 12.2 Å². The Kier molecular flexibility index (Phi) is 8.91. The smallest absolute Gasteiger partial charge is 0.340 e. The summed E-state index contributed by atoms with van der Waals surface area (Å²) in [5.74, 6) is -1.19. The van der Waals surface area contributed by atoms with Crippen molar-refractivity contribution in [2.75, 3.05) is 6.61 Å². The van der Waals surface area contributed by atoms with Gasteiger partial charge in [-0.1, -0.05) is 44.2 Å². The van der Waals surface area contributed by atoms with Gasteiger partial charge in [0.1, 0.15) is 0 Å². The summed E-state index contributed by atoms with van der Waals surface area (Å²) in [6, 6.07) is 3.43. The van der Waals surface area contributed by atoms with Crippen molar-refractivity contribution in [3.05, 3.63) is 38.9 Å². The van der Waals surface area contributed by atoms with Crippen molar-refractivity contribution in [1.29, 1.82) is 0 Å². The molecule has 0 bridgehead atoms. The van der Waals surface area contributed by atoms with Gasteiger partial charge in [0.2, 0.25) is 0 Å². The van der Waals surface area contributed by atoms with Gasteiger partial charge in [0.05, 0.1) is 15.5 Å². The van der Waals surface area contributed by atoms with Crippen LogP contribution < -0.4 is 5.32 Å². The summed E-state index contributed by atoms with van der Waals surface area (Å²) in [5.41, 5.74) is -0.246. The highest BCUT2D eigenvalue weighted by Crippen LogP contribution is 2.23. The molecule has 1 amide bonds. The SMILES string of the molecule is CCCCCC[C@@H](C)NC(=O)COC(=O)c1ccc([N+](=O)[O-])cc1Cl. The molecule has 0 saturated carbocycles. The third kappa shape index (κ3) is 7.51. The van der Waals surface area contributed by atoms with Crippen LogP contribution in [0, 0.1) is 10.1 Å². The van der Waals surface area contributed by atoms with Gasteiger partial charge in [-0.15, -0.1) is 0 Å². The van der Waals surface area contributed by atoms with Gasteiger partial charge in [-0.2, -0.15) is 0 Å². The molecule has 0 aliphatic heterocycles. The van der Waals surface area contributed by atoms with E-state index < -0.39 is 23.4 Å². The van der Waals surface area contributed by atoms with Crippen molar-refractivity contribution < 1.29 is 19.2 Å². The van der Waals surface area contributed by atoms with E-state index in [4.69, 9.17) is 16.3 Å². The van der Waals surface area contributed by atoms with Crippen LogP contribution in [0.5, 0.6) is 0 Å². The van der Waals surface area contributed by atoms with Gasteiger partial charge < -0.3 is 10.1 Å². The zero-order chi connectivity index (χ0) is 18.8. The van der Waals surface area contributed by atoms with Crippen molar-refractivity contribution in [2.45, 2.75) is 52.0 Å². The van der Waals surface area contributed by atoms with Crippen molar-refractivity contribution >= 4 is 29.2 Å². The number of benzene rings is 1. The maximum atomic E-state index is 11.9. The highest BCUT2D eigenvalue weighted by Gasteiger charge is 2.17. The monoisotopic (exact) mass is 370 g/mol. The molecule has 0 fully saturated rings. The molecular formula is C17H23ClN2O5. The number of hydrogen-bond acceptors (Lipinski definition) is 5. The normalized spacial score (nSPS) is 11.6. The zero-order valence-electron chi connectivity index (χ0n) is 14.4. The Hall–Kier alpha value is -2.15. The quantitative estimate of drug-likeness (QED) is 0.291. The number of carbonyl (C=O) groups excluding carboxylic acids is 2. The van der Waals surface area contributed by atoms with Crippen LogP contribution in [-0.2, 0) is 9.53 Å². The van der Waals surface area contributed by atoms with Crippen molar-refractivity contribution in [3.63, 3.8) is 0 Å². The van der Waals surface area contributed by atoms with Crippen molar-refractivity contribution in [2.24, 2.45) is 0 Å². The second-order valence-corrected chi connectivity index (χ2v) is 6.22. The van der Waals surface area contributed by atoms with Gasteiger partial charge in [0, 0.05) is 18.2 Å². The van der Waals surface area contributed by atoms with E-state index in [1.807, 2.05) is 6.92 Å². The first-order valence-electron chi connectivity index (χ1n) is 8.25. The highest BCUT2D eigenvalue weighted by molar-refractivity contribution is 6.33. The first-order valence-corrected chi connectivity index (χ1v) is 8.63. The molecule has 0 aliphatic carbocycles. The minimum absolute atomic E-state index is 0.00557. The summed E-state index contributed by atoms with van der Waals surface area (Å²) in [6.45, 7) is 3.61. The number of nitrogens with one attached hydrogen (secondary N) is 1. The third-order valence-corrected chi connectivity index (χ3v) is 3.93. The minimum atomic E-state index is -0.800. The van der Waals surface area contributed by atoms with E-state index in [0.717, 1.165) is 37.8 Å². The average molecular weight is 371 g/mol. The summed E-state index contributed by atoms with van der Waals surface area (Å²) >= 11 is 5.85. The van der Waals surface area contributed by atoms with Gasteiger partial charge in [-0.05, 0) is 19.4 Å². The van der Waals surface area contributed by atoms with Gasteiger partial charge >= 0.3 is 5.97 Å². The van der Waals surface area contributed by atoms with E-state index in [0.29, 0.717) is 0 Å². The van der Waals surface area contributed by atoms with E-state index in [-0.39, 0.29) is 22.3 Å². The molecule has 0 aliphatic rings. The average Bonchev–Trinajstić information content (AvgIpc) is 2.56. The van der Waals surface area contributed by atoms with E-state index in [9.17, 15) is 19.7 Å². The van der Waals surface area contributed by atoms with E-state index in [1.54, 1.807) is 0 Å². The summed E-state index contributed by atoms with van der Waals surface area (Å²) in [4.78, 5) is 33.7. The number of ether oxygens (including phenoxy) is 1. The number of hydrogen-bond donors (Lipinski definition) is 1. The molecule has 0 saturated heterocycles. The second-order valence-electron chi connectivity index (χ2n) is 5.82. The van der Waals surface area contributed by atoms with Crippen LogP contribution in [0.15, 0.2) is 18.2 Å². The molecule has 138 valence electrons. The number of amides is 1. The fraction of sp³-hybridized carbons (Fsp3) is 0.529. The number of nitro benzene ring substituents is 1. The van der Waals surface area contributed by atoms with Gasteiger partial charge in [-0.25, -0.2) is 4.79 Å². The Morgan fingerprint density at radius 1 is 1.32 bits per heavy atom. The Balaban J connectivity index is 2.43. The number of nitro groups is 1. The Labute approximate surface area is 151 Å². The lowest BCUT2D eigenvalue weighted by Crippen LogP contribution is -2.35. The molecule has 25 heavy (non-hydrogen) atoms. The van der Waals surface area contributed by atoms with Crippen LogP contribution in [0.1, 0.15) is 56.3 Å². The maximum absolute atomic E-state index is 11.9. The fourth-order valence-electron chi connectivity index (χ4n) is 2.26. The molecule has 0 unspecified atom stereocenters. The van der Waals surface area contributed by atoms with Crippen LogP contribution >= 0.6 is 11.6 Å². The number of esters is 1. The topological polar surface area (TPSA) is 98.5 Å². The number of carbonyl (C=O) groups is 2. The van der Waals surface area contributed by atoms with Crippen LogP contribution in [0.4, 0.5) is 5.69 Å². The van der Waals surface area contributed by atoms with Gasteiger partial charge in [0.15, 0.2) is 6.61 Å². The second kappa shape index (κ2) is 10.7. The molecule has 0 heterocycles. The standard InChI is InChI=1S/C17H23ClN2O5/c1-3-4-5-6-7-12(2)19-16(21)11-25-17(22)14-9-8-13(20(23)24)10-15(14)18/h8-10,12H,3-7,11H2,1-2H3,(H,19,21)/t12-/m1/s1. The molecule has 1 N–H and O–H groups in total. The van der Waals surface area contributed by atoms with Gasteiger partial charge in [0.25, 0.3) is 11.6 Å². The van der Waals surface area contributed by atoms with E-state index in [1.165, 1.54) is 12.5 Å². The fourth-order valence-corrected chi connectivity index (χ4v) is 2.51. The summed E-state index contributed by atoms with van der Waals surface area (Å²) in [6.07, 6.45) is 5.36. The van der Waals surface area contributed by atoms with E-state index >= 15 is 0 Å². The van der Waals surface area contributed by atoms with Crippen LogP contribution in [0.25, 0.3) is 0 Å². The van der Waals surface area contributed by atoms with Crippen LogP contribution in [-0.4, -0.2) is 29.4 Å². The molecule has 1 aromatic carbocycles. The molecule has 0 spiro atoms. The van der Waals surface area contributed by atoms with Gasteiger partial charge in [-0.3, -0.25) is 14.9 Å². The van der Waals surface area contributed by atoms with Crippen molar-refractivity contribution in [1.82, 2.24) is 5.32 Å². The Morgan fingerprint density at radius 3 is 2.64 bits per heavy atom. The molecule has 1 aromatic rings. The summed E-state index contributed by atoms with van der Waals surface area (Å²) < 4.78 is 4.91. The molecular weight excluding hydrogens is 348 g/mol. The molecule has 0 radical (unpaired) electrons.